The number of carbonyl (C=O) groups is 1. The van der Waals surface area contributed by atoms with E-state index in [1.54, 1.807) is 6.07 Å². The summed E-state index contributed by atoms with van der Waals surface area (Å²) in [7, 11) is 0. The number of H-pyrrole nitrogens is 1. The predicted molar refractivity (Wildman–Crippen MR) is 100 cm³/mol. The van der Waals surface area contributed by atoms with Gasteiger partial charge in [-0.1, -0.05) is 6.92 Å². The Morgan fingerprint density at radius 2 is 2.11 bits per heavy atom. The molecule has 0 unspecified atom stereocenters. The molecule has 3 aromatic rings. The summed E-state index contributed by atoms with van der Waals surface area (Å²) in [5.41, 5.74) is 2.39. The summed E-state index contributed by atoms with van der Waals surface area (Å²) in [6.07, 6.45) is 2.21. The molecule has 0 fully saturated rings. The lowest BCUT2D eigenvalue weighted by molar-refractivity contribution is 0.0947. The lowest BCUT2D eigenvalue weighted by Crippen LogP contribution is -2.31. The van der Waals surface area contributed by atoms with Gasteiger partial charge in [0.2, 0.25) is 6.79 Å². The monoisotopic (exact) mass is 381 g/mol. The fourth-order valence-corrected chi connectivity index (χ4v) is 2.85. The number of ether oxygens (including phenoxy) is 2. The molecule has 144 valence electrons. The van der Waals surface area contributed by atoms with Crippen molar-refractivity contribution in [2.75, 3.05) is 13.3 Å². The largest absolute Gasteiger partial charge is 0.454 e. The van der Waals surface area contributed by atoms with Crippen LogP contribution >= 0.6 is 0 Å². The summed E-state index contributed by atoms with van der Waals surface area (Å²) in [5, 5.41) is 9.68. The van der Waals surface area contributed by atoms with Crippen LogP contribution in [-0.2, 0) is 13.0 Å². The maximum absolute atomic E-state index is 12.3. The van der Waals surface area contributed by atoms with Crippen molar-refractivity contribution in [3.8, 4) is 22.8 Å². The van der Waals surface area contributed by atoms with Crippen LogP contribution in [0.15, 0.2) is 41.5 Å². The summed E-state index contributed by atoms with van der Waals surface area (Å²) in [4.78, 5) is 28.5. The minimum Gasteiger partial charge on any atom is -0.454 e. The molecule has 0 atom stereocenters. The van der Waals surface area contributed by atoms with E-state index in [-0.39, 0.29) is 18.3 Å². The molecule has 2 aromatic heterocycles. The van der Waals surface area contributed by atoms with E-state index in [2.05, 4.69) is 20.5 Å². The smallest absolute Gasteiger partial charge is 0.269 e. The Bertz CT molecular complexity index is 1070. The highest BCUT2D eigenvalue weighted by Crippen LogP contribution is 2.35. The van der Waals surface area contributed by atoms with Crippen molar-refractivity contribution in [3.05, 3.63) is 58.4 Å². The second kappa shape index (κ2) is 7.55. The van der Waals surface area contributed by atoms with E-state index >= 15 is 0 Å². The summed E-state index contributed by atoms with van der Waals surface area (Å²) >= 11 is 0. The Morgan fingerprint density at radius 3 is 2.93 bits per heavy atom. The summed E-state index contributed by atoms with van der Waals surface area (Å²) in [5.74, 6) is 1.04. The second-order valence-corrected chi connectivity index (χ2v) is 6.26. The van der Waals surface area contributed by atoms with E-state index in [1.807, 2.05) is 25.1 Å². The van der Waals surface area contributed by atoms with Gasteiger partial charge in [-0.25, -0.2) is 4.98 Å². The summed E-state index contributed by atoms with van der Waals surface area (Å²) in [6.45, 7) is 2.77. The molecular formula is C19H19N5O4. The Kier molecular flexibility index (Phi) is 4.79. The Balaban J connectivity index is 1.37. The quantitative estimate of drug-likeness (QED) is 0.667. The predicted octanol–water partition coefficient (Wildman–Crippen LogP) is 1.35. The van der Waals surface area contributed by atoms with Crippen molar-refractivity contribution < 1.29 is 14.3 Å². The number of benzene rings is 1. The molecule has 3 heterocycles. The number of aromatic amines is 1. The van der Waals surface area contributed by atoms with E-state index in [9.17, 15) is 9.59 Å². The van der Waals surface area contributed by atoms with Crippen LogP contribution in [0.4, 0.5) is 0 Å². The van der Waals surface area contributed by atoms with Crippen LogP contribution in [0.1, 0.15) is 23.1 Å². The molecular weight excluding hydrogens is 362 g/mol. The third-order valence-electron chi connectivity index (χ3n) is 4.43. The number of fused-ring (bicyclic) bond motifs is 1. The van der Waals surface area contributed by atoms with Gasteiger partial charge in [-0.3, -0.25) is 19.3 Å². The molecule has 0 spiro atoms. The highest BCUT2D eigenvalue weighted by atomic mass is 16.7. The van der Waals surface area contributed by atoms with Crippen molar-refractivity contribution in [1.82, 2.24) is 25.1 Å². The molecule has 1 aromatic carbocycles. The van der Waals surface area contributed by atoms with Gasteiger partial charge < -0.3 is 14.8 Å². The van der Waals surface area contributed by atoms with Gasteiger partial charge >= 0.3 is 0 Å². The fraction of sp³-hybridized carbons (Fsp3) is 0.263. The summed E-state index contributed by atoms with van der Waals surface area (Å²) in [6, 6.07) is 8.65. The van der Waals surface area contributed by atoms with Crippen molar-refractivity contribution in [2.24, 2.45) is 0 Å². The third kappa shape index (κ3) is 3.59. The van der Waals surface area contributed by atoms with Crippen LogP contribution in [0.3, 0.4) is 0 Å². The molecule has 0 bridgehead atoms. The molecule has 0 radical (unpaired) electrons. The van der Waals surface area contributed by atoms with Crippen molar-refractivity contribution in [2.45, 2.75) is 19.9 Å². The molecule has 1 amide bonds. The fourth-order valence-electron chi connectivity index (χ4n) is 2.85. The van der Waals surface area contributed by atoms with Crippen molar-refractivity contribution in [1.29, 1.82) is 0 Å². The SMILES string of the molecule is CCc1cc(=O)n(CCNC(=O)c2cc(-c3ccc4c(c3)OCO4)n[nH]2)cn1. The van der Waals surface area contributed by atoms with Gasteiger partial charge in [0.05, 0.1) is 12.0 Å². The lowest BCUT2D eigenvalue weighted by atomic mass is 10.1. The number of aromatic nitrogens is 4. The number of hydrogen-bond acceptors (Lipinski definition) is 6. The number of aryl methyl sites for hydroxylation is 1. The minimum absolute atomic E-state index is 0.132. The number of carbonyl (C=O) groups excluding carboxylic acids is 1. The van der Waals surface area contributed by atoms with E-state index < -0.39 is 0 Å². The number of amides is 1. The third-order valence-corrected chi connectivity index (χ3v) is 4.43. The molecule has 9 nitrogen and oxygen atoms in total. The van der Waals surface area contributed by atoms with E-state index in [4.69, 9.17) is 9.47 Å². The van der Waals surface area contributed by atoms with Crippen LogP contribution in [0, 0.1) is 0 Å². The standard InChI is InChI=1S/C19H19N5O4/c1-2-13-8-18(25)24(10-21-13)6-5-20-19(26)15-9-14(22-23-15)12-3-4-16-17(7-12)28-11-27-16/h3-4,7-10H,2,5-6,11H2,1H3,(H,20,26)(H,22,23). The van der Waals surface area contributed by atoms with E-state index in [0.717, 1.165) is 11.3 Å². The molecule has 28 heavy (non-hydrogen) atoms. The van der Waals surface area contributed by atoms with Crippen LogP contribution in [0.2, 0.25) is 0 Å². The zero-order chi connectivity index (χ0) is 19.5. The molecule has 1 aliphatic rings. The van der Waals surface area contributed by atoms with Gasteiger partial charge in [0.25, 0.3) is 11.5 Å². The minimum atomic E-state index is -0.300. The molecule has 2 N–H and O–H groups in total. The maximum atomic E-state index is 12.3. The zero-order valence-corrected chi connectivity index (χ0v) is 15.3. The van der Waals surface area contributed by atoms with E-state index in [0.29, 0.717) is 42.4 Å². The number of nitrogens with one attached hydrogen (secondary N) is 2. The highest BCUT2D eigenvalue weighted by molar-refractivity contribution is 5.93. The Hall–Kier alpha value is -3.62. The average Bonchev–Trinajstić information content (AvgIpc) is 3.38. The van der Waals surface area contributed by atoms with Crippen LogP contribution in [-0.4, -0.2) is 39.0 Å². The van der Waals surface area contributed by atoms with Crippen LogP contribution in [0.25, 0.3) is 11.3 Å². The number of nitrogens with zero attached hydrogens (tertiary/aromatic N) is 3. The molecule has 4 rings (SSSR count). The van der Waals surface area contributed by atoms with Gasteiger partial charge in [-0.15, -0.1) is 0 Å². The normalized spacial score (nSPS) is 12.2. The molecule has 0 aliphatic carbocycles. The molecule has 1 aliphatic heterocycles. The number of hydrogen-bond donors (Lipinski definition) is 2. The van der Waals surface area contributed by atoms with Gasteiger partial charge in [0, 0.05) is 30.4 Å². The zero-order valence-electron chi connectivity index (χ0n) is 15.3. The van der Waals surface area contributed by atoms with Crippen molar-refractivity contribution >= 4 is 5.91 Å². The molecule has 0 saturated carbocycles. The van der Waals surface area contributed by atoms with Crippen LogP contribution in [0.5, 0.6) is 11.5 Å². The summed E-state index contributed by atoms with van der Waals surface area (Å²) < 4.78 is 12.1. The topological polar surface area (TPSA) is 111 Å². The molecule has 0 saturated heterocycles. The van der Waals surface area contributed by atoms with E-state index in [1.165, 1.54) is 17.0 Å². The first kappa shape index (κ1) is 17.8. The van der Waals surface area contributed by atoms with Gasteiger partial charge in [-0.2, -0.15) is 5.10 Å². The van der Waals surface area contributed by atoms with Gasteiger partial charge in [0.1, 0.15) is 5.69 Å². The second-order valence-electron chi connectivity index (χ2n) is 6.26. The molecule has 9 heteroatoms. The number of rotatable bonds is 6. The maximum Gasteiger partial charge on any atom is 0.269 e. The average molecular weight is 381 g/mol. The van der Waals surface area contributed by atoms with Gasteiger partial charge in [0.15, 0.2) is 11.5 Å². The van der Waals surface area contributed by atoms with Gasteiger partial charge in [-0.05, 0) is 30.7 Å². The Morgan fingerprint density at radius 1 is 1.25 bits per heavy atom. The first-order valence-corrected chi connectivity index (χ1v) is 8.93. The highest BCUT2D eigenvalue weighted by Gasteiger charge is 2.16. The lowest BCUT2D eigenvalue weighted by Gasteiger charge is -2.06. The first-order valence-electron chi connectivity index (χ1n) is 8.93. The first-order chi connectivity index (χ1) is 13.6. The van der Waals surface area contributed by atoms with Crippen molar-refractivity contribution in [3.63, 3.8) is 0 Å². The van der Waals surface area contributed by atoms with Crippen LogP contribution < -0.4 is 20.3 Å². The Labute approximate surface area is 160 Å².